The second-order valence-corrected chi connectivity index (χ2v) is 5.26. The molecule has 0 amide bonds. The first-order valence-electron chi connectivity index (χ1n) is 6.85. The van der Waals surface area contributed by atoms with Gasteiger partial charge in [-0.05, 0) is 26.5 Å². The minimum atomic E-state index is -0.351. The third-order valence-electron chi connectivity index (χ3n) is 3.98. The molecule has 1 N–H and O–H groups in total. The van der Waals surface area contributed by atoms with Crippen LogP contribution >= 0.6 is 0 Å². The van der Waals surface area contributed by atoms with Crippen molar-refractivity contribution in [3.05, 3.63) is 29.8 Å². The fourth-order valence-corrected chi connectivity index (χ4v) is 2.54. The highest BCUT2D eigenvalue weighted by atomic mass is 16.3. The van der Waals surface area contributed by atoms with Crippen LogP contribution in [0.3, 0.4) is 0 Å². The summed E-state index contributed by atoms with van der Waals surface area (Å²) in [4.78, 5) is 4.79. The van der Waals surface area contributed by atoms with E-state index in [-0.39, 0.29) is 6.10 Å². The molecule has 1 aromatic rings. The lowest BCUT2D eigenvalue weighted by Gasteiger charge is -2.40. The summed E-state index contributed by atoms with van der Waals surface area (Å²) in [5, 5.41) is 10.1. The molecular formula is C15H24N2O. The topological polar surface area (TPSA) is 26.7 Å². The molecule has 1 aliphatic heterocycles. The Morgan fingerprint density at radius 1 is 1.33 bits per heavy atom. The fourth-order valence-electron chi connectivity index (χ4n) is 2.54. The maximum atomic E-state index is 10.1. The van der Waals surface area contributed by atoms with Gasteiger partial charge >= 0.3 is 0 Å². The molecule has 0 spiro atoms. The summed E-state index contributed by atoms with van der Waals surface area (Å²) in [6, 6.07) is 8.81. The van der Waals surface area contributed by atoms with E-state index in [2.05, 4.69) is 35.9 Å². The number of rotatable bonds is 3. The maximum absolute atomic E-state index is 10.1. The molecular weight excluding hydrogens is 224 g/mol. The molecule has 100 valence electrons. The van der Waals surface area contributed by atoms with Crippen LogP contribution in [0.4, 0.5) is 5.69 Å². The zero-order valence-electron chi connectivity index (χ0n) is 11.6. The van der Waals surface area contributed by atoms with E-state index in [9.17, 15) is 5.11 Å². The smallest absolute Gasteiger partial charge is 0.0807 e. The Labute approximate surface area is 110 Å². The number of hydrogen-bond acceptors (Lipinski definition) is 3. The molecule has 3 nitrogen and oxygen atoms in total. The van der Waals surface area contributed by atoms with Gasteiger partial charge in [-0.25, -0.2) is 0 Å². The van der Waals surface area contributed by atoms with Crippen LogP contribution in [0, 0.1) is 0 Å². The summed E-state index contributed by atoms with van der Waals surface area (Å²) in [5.41, 5.74) is 2.27. The van der Waals surface area contributed by atoms with Crippen LogP contribution in [0.2, 0.25) is 0 Å². The van der Waals surface area contributed by atoms with Crippen molar-refractivity contribution in [3.8, 4) is 0 Å². The highest BCUT2D eigenvalue weighted by Crippen LogP contribution is 2.29. The Morgan fingerprint density at radius 3 is 2.72 bits per heavy atom. The molecule has 18 heavy (non-hydrogen) atoms. The second-order valence-electron chi connectivity index (χ2n) is 5.26. The molecule has 0 aromatic heterocycles. The number of benzene rings is 1. The van der Waals surface area contributed by atoms with E-state index in [1.165, 1.54) is 5.69 Å². The molecule has 1 aliphatic rings. The lowest BCUT2D eigenvalue weighted by molar-refractivity contribution is 0.173. The van der Waals surface area contributed by atoms with Gasteiger partial charge < -0.3 is 14.9 Å². The first kappa shape index (κ1) is 13.4. The lowest BCUT2D eigenvalue weighted by atomic mass is 10.0. The van der Waals surface area contributed by atoms with Crippen LogP contribution < -0.4 is 4.90 Å². The Morgan fingerprint density at radius 2 is 2.06 bits per heavy atom. The number of anilines is 1. The summed E-state index contributed by atoms with van der Waals surface area (Å²) in [7, 11) is 2.18. The number of hydrogen-bond donors (Lipinski definition) is 1. The number of aliphatic hydroxyl groups is 1. The van der Waals surface area contributed by atoms with Gasteiger partial charge in [0.25, 0.3) is 0 Å². The molecule has 0 aliphatic carbocycles. The van der Waals surface area contributed by atoms with Crippen molar-refractivity contribution < 1.29 is 5.11 Å². The molecule has 3 heteroatoms. The Hall–Kier alpha value is -1.06. The van der Waals surface area contributed by atoms with Crippen LogP contribution in [0.25, 0.3) is 0 Å². The Bertz CT molecular complexity index is 394. The first-order valence-corrected chi connectivity index (χ1v) is 6.85. The average Bonchev–Trinajstić information content (AvgIpc) is 2.41. The van der Waals surface area contributed by atoms with Crippen LogP contribution in [0.15, 0.2) is 24.3 Å². The van der Waals surface area contributed by atoms with E-state index in [0.29, 0.717) is 6.04 Å². The predicted molar refractivity (Wildman–Crippen MR) is 76.0 cm³/mol. The zero-order valence-corrected chi connectivity index (χ0v) is 11.6. The van der Waals surface area contributed by atoms with Gasteiger partial charge in [0.05, 0.1) is 6.10 Å². The van der Waals surface area contributed by atoms with E-state index in [1.807, 2.05) is 19.1 Å². The summed E-state index contributed by atoms with van der Waals surface area (Å²) in [5.74, 6) is 0. The summed E-state index contributed by atoms with van der Waals surface area (Å²) < 4.78 is 0. The van der Waals surface area contributed by atoms with Crippen molar-refractivity contribution in [2.75, 3.05) is 31.6 Å². The van der Waals surface area contributed by atoms with Gasteiger partial charge in [0.2, 0.25) is 0 Å². The van der Waals surface area contributed by atoms with Crippen LogP contribution in [0.5, 0.6) is 0 Å². The molecule has 0 bridgehead atoms. The second kappa shape index (κ2) is 5.72. The molecule has 1 saturated heterocycles. The fraction of sp³-hybridized carbons (Fsp3) is 0.600. The largest absolute Gasteiger partial charge is 0.388 e. The van der Waals surface area contributed by atoms with Gasteiger partial charge in [0.1, 0.15) is 0 Å². The van der Waals surface area contributed by atoms with Gasteiger partial charge in [-0.2, -0.15) is 0 Å². The van der Waals surface area contributed by atoms with Gasteiger partial charge in [-0.15, -0.1) is 0 Å². The lowest BCUT2D eigenvalue weighted by Crippen LogP contribution is -2.50. The maximum Gasteiger partial charge on any atom is 0.0807 e. The molecule has 2 rings (SSSR count). The quantitative estimate of drug-likeness (QED) is 0.889. The van der Waals surface area contributed by atoms with E-state index < -0.39 is 0 Å². The molecule has 0 saturated carbocycles. The van der Waals surface area contributed by atoms with Crippen molar-refractivity contribution in [1.82, 2.24) is 4.90 Å². The average molecular weight is 248 g/mol. The molecule has 1 unspecified atom stereocenters. The predicted octanol–water partition coefficient (Wildman–Crippen LogP) is 2.27. The number of para-hydroxylation sites is 1. The number of likely N-dealkylation sites (N-methyl/N-ethyl adjacent to an activating group) is 1. The highest BCUT2D eigenvalue weighted by molar-refractivity contribution is 5.55. The summed E-state index contributed by atoms with van der Waals surface area (Å²) >= 11 is 0. The van der Waals surface area contributed by atoms with Crippen molar-refractivity contribution >= 4 is 5.69 Å². The van der Waals surface area contributed by atoms with Gasteiger partial charge in [0.15, 0.2) is 0 Å². The van der Waals surface area contributed by atoms with Crippen molar-refractivity contribution in [2.24, 2.45) is 0 Å². The summed E-state index contributed by atoms with van der Waals surface area (Å²) in [6.45, 7) is 7.43. The van der Waals surface area contributed by atoms with E-state index in [1.54, 1.807) is 0 Å². The minimum Gasteiger partial charge on any atom is -0.388 e. The van der Waals surface area contributed by atoms with Crippen molar-refractivity contribution in [3.63, 3.8) is 0 Å². The van der Waals surface area contributed by atoms with Crippen molar-refractivity contribution in [2.45, 2.75) is 32.4 Å². The molecule has 0 radical (unpaired) electrons. The molecule has 2 atom stereocenters. The zero-order chi connectivity index (χ0) is 13.1. The van der Waals surface area contributed by atoms with E-state index in [0.717, 1.165) is 31.6 Å². The number of aliphatic hydroxyl groups excluding tert-OH is 1. The first-order chi connectivity index (χ1) is 8.63. The van der Waals surface area contributed by atoms with Crippen molar-refractivity contribution in [1.29, 1.82) is 0 Å². The van der Waals surface area contributed by atoms with Gasteiger partial charge in [-0.3, -0.25) is 0 Å². The number of piperazine rings is 1. The van der Waals surface area contributed by atoms with Gasteiger partial charge in [0, 0.05) is 36.9 Å². The molecule has 1 heterocycles. The van der Waals surface area contributed by atoms with Gasteiger partial charge in [-0.1, -0.05) is 25.1 Å². The van der Waals surface area contributed by atoms with Crippen LogP contribution in [-0.4, -0.2) is 42.7 Å². The molecule has 1 aromatic carbocycles. The molecule has 1 fully saturated rings. The Balaban J connectivity index is 2.22. The van der Waals surface area contributed by atoms with Crippen LogP contribution in [0.1, 0.15) is 31.9 Å². The monoisotopic (exact) mass is 248 g/mol. The highest BCUT2D eigenvalue weighted by Gasteiger charge is 2.23. The van der Waals surface area contributed by atoms with E-state index in [4.69, 9.17) is 0 Å². The third-order valence-corrected chi connectivity index (χ3v) is 3.98. The third kappa shape index (κ3) is 2.68. The van der Waals surface area contributed by atoms with Crippen LogP contribution in [-0.2, 0) is 0 Å². The summed E-state index contributed by atoms with van der Waals surface area (Å²) in [6.07, 6.45) is 0.413. The van der Waals surface area contributed by atoms with E-state index >= 15 is 0 Å². The SMILES string of the molecule is CC[C@H](O)c1ccccc1N1CCN(C)C(C)C1. The number of nitrogens with zero attached hydrogens (tertiary/aromatic N) is 2. The Kier molecular flexibility index (Phi) is 4.25. The normalized spacial score (nSPS) is 23.1. The standard InChI is InChI=1S/C15H24N2O/c1-4-15(18)13-7-5-6-8-14(13)17-10-9-16(3)12(2)11-17/h5-8,12,15,18H,4,9-11H2,1-3H3/t12?,15-/m0/s1. The minimum absolute atomic E-state index is 0.351.